The van der Waals surface area contributed by atoms with E-state index in [0.29, 0.717) is 0 Å². The molecule has 0 aliphatic heterocycles. The summed E-state index contributed by atoms with van der Waals surface area (Å²) in [4.78, 5) is 13.9. The van der Waals surface area contributed by atoms with E-state index in [1.54, 1.807) is 6.26 Å². The van der Waals surface area contributed by atoms with Gasteiger partial charge in [0.25, 0.3) is 0 Å². The Kier molecular flexibility index (Phi) is 5.92. The minimum absolute atomic E-state index is 0.158. The first kappa shape index (κ1) is 14.8. The van der Waals surface area contributed by atoms with Gasteiger partial charge >= 0.3 is 0 Å². The lowest BCUT2D eigenvalue weighted by Gasteiger charge is -2.25. The van der Waals surface area contributed by atoms with Gasteiger partial charge in [-0.1, -0.05) is 0 Å². The quantitative estimate of drug-likeness (QED) is 0.808. The number of likely N-dealkylation sites (N-methyl/N-ethyl adjacent to an activating group) is 1. The molecule has 0 aromatic carbocycles. The van der Waals surface area contributed by atoms with Crippen LogP contribution in [-0.4, -0.2) is 36.0 Å². The lowest BCUT2D eigenvalue weighted by atomic mass is 10.1. The molecule has 1 amide bonds. The number of nitrogens with zero attached hydrogens (tertiary/aromatic N) is 1. The number of rotatable bonds is 7. The van der Waals surface area contributed by atoms with E-state index < -0.39 is 0 Å². The van der Waals surface area contributed by atoms with Gasteiger partial charge in [0.05, 0.1) is 12.3 Å². The van der Waals surface area contributed by atoms with Gasteiger partial charge in [0.2, 0.25) is 5.91 Å². The third kappa shape index (κ3) is 4.18. The monoisotopic (exact) mass is 252 g/mol. The molecular weight excluding hydrogens is 228 g/mol. The second-order valence-corrected chi connectivity index (χ2v) is 4.58. The van der Waals surface area contributed by atoms with Crippen molar-refractivity contribution in [1.82, 2.24) is 10.2 Å². The molecule has 0 saturated carbocycles. The summed E-state index contributed by atoms with van der Waals surface area (Å²) in [7, 11) is 0. The summed E-state index contributed by atoms with van der Waals surface area (Å²) >= 11 is 0. The first-order valence-corrected chi connectivity index (χ1v) is 6.65. The van der Waals surface area contributed by atoms with E-state index in [0.717, 1.165) is 25.3 Å². The molecule has 0 aliphatic rings. The smallest absolute Gasteiger partial charge is 0.239 e. The Morgan fingerprint density at radius 2 is 2.06 bits per heavy atom. The second-order valence-electron chi connectivity index (χ2n) is 4.58. The molecule has 2 unspecified atom stereocenters. The van der Waals surface area contributed by atoms with Gasteiger partial charge in [0.1, 0.15) is 5.76 Å². The number of hydrogen-bond acceptors (Lipinski definition) is 3. The van der Waals surface area contributed by atoms with Gasteiger partial charge in [-0.2, -0.15) is 0 Å². The summed E-state index contributed by atoms with van der Waals surface area (Å²) in [6, 6.07) is 3.89. The van der Waals surface area contributed by atoms with Gasteiger partial charge in [0, 0.05) is 25.6 Å². The minimum atomic E-state index is -0.158. The summed E-state index contributed by atoms with van der Waals surface area (Å²) in [6.45, 7) is 9.50. The molecule has 1 N–H and O–H groups in total. The number of carbonyl (C=O) groups excluding carboxylic acids is 1. The third-order valence-electron chi connectivity index (χ3n) is 3.07. The highest BCUT2D eigenvalue weighted by molar-refractivity contribution is 5.81. The molecule has 1 heterocycles. The van der Waals surface area contributed by atoms with Crippen LogP contribution in [-0.2, 0) is 11.2 Å². The SMILES string of the molecule is CCN(CC)C(=O)C(C)NC(C)Cc1ccco1. The van der Waals surface area contributed by atoms with E-state index in [1.165, 1.54) is 0 Å². The van der Waals surface area contributed by atoms with Gasteiger partial charge in [-0.15, -0.1) is 0 Å². The first-order valence-electron chi connectivity index (χ1n) is 6.65. The van der Waals surface area contributed by atoms with Crippen LogP contribution >= 0.6 is 0 Å². The average Bonchev–Trinajstić information content (AvgIpc) is 2.82. The summed E-state index contributed by atoms with van der Waals surface area (Å²) in [6.07, 6.45) is 2.47. The van der Waals surface area contributed by atoms with Gasteiger partial charge in [0.15, 0.2) is 0 Å². The maximum atomic E-state index is 12.1. The zero-order valence-corrected chi connectivity index (χ0v) is 11.8. The minimum Gasteiger partial charge on any atom is -0.469 e. The van der Waals surface area contributed by atoms with Crippen molar-refractivity contribution in [3.8, 4) is 0 Å². The molecular formula is C14H24N2O2. The molecule has 2 atom stereocenters. The standard InChI is InChI=1S/C14H24N2O2/c1-5-16(6-2)14(17)12(4)15-11(3)10-13-8-7-9-18-13/h7-9,11-12,15H,5-6,10H2,1-4H3. The number of furan rings is 1. The van der Waals surface area contributed by atoms with Crippen LogP contribution in [0.5, 0.6) is 0 Å². The molecule has 0 saturated heterocycles. The van der Waals surface area contributed by atoms with E-state index >= 15 is 0 Å². The molecule has 4 nitrogen and oxygen atoms in total. The van der Waals surface area contributed by atoms with E-state index in [4.69, 9.17) is 4.42 Å². The average molecular weight is 252 g/mol. The molecule has 1 rings (SSSR count). The van der Waals surface area contributed by atoms with Crippen molar-refractivity contribution in [1.29, 1.82) is 0 Å². The predicted molar refractivity (Wildman–Crippen MR) is 72.4 cm³/mol. The summed E-state index contributed by atoms with van der Waals surface area (Å²) in [5.74, 6) is 1.10. The van der Waals surface area contributed by atoms with Crippen molar-refractivity contribution >= 4 is 5.91 Å². The Balaban J connectivity index is 2.43. The molecule has 1 aromatic rings. The Morgan fingerprint density at radius 3 is 2.56 bits per heavy atom. The fourth-order valence-electron chi connectivity index (χ4n) is 2.10. The lowest BCUT2D eigenvalue weighted by molar-refractivity contribution is -0.132. The van der Waals surface area contributed by atoms with Crippen LogP contribution in [0.15, 0.2) is 22.8 Å². The topological polar surface area (TPSA) is 45.5 Å². The van der Waals surface area contributed by atoms with Gasteiger partial charge in [-0.3, -0.25) is 4.79 Å². The molecule has 0 spiro atoms. The number of hydrogen-bond donors (Lipinski definition) is 1. The Morgan fingerprint density at radius 1 is 1.39 bits per heavy atom. The summed E-state index contributed by atoms with van der Waals surface area (Å²) in [5.41, 5.74) is 0. The number of nitrogens with one attached hydrogen (secondary N) is 1. The van der Waals surface area contributed by atoms with Crippen molar-refractivity contribution in [2.75, 3.05) is 13.1 Å². The van der Waals surface area contributed by atoms with Crippen LogP contribution in [0.2, 0.25) is 0 Å². The molecule has 0 radical (unpaired) electrons. The molecule has 4 heteroatoms. The summed E-state index contributed by atoms with van der Waals surface area (Å²) < 4.78 is 5.30. The Bertz CT molecular complexity index is 345. The summed E-state index contributed by atoms with van der Waals surface area (Å²) in [5, 5.41) is 3.32. The lowest BCUT2D eigenvalue weighted by Crippen LogP contribution is -2.48. The largest absolute Gasteiger partial charge is 0.469 e. The fraction of sp³-hybridized carbons (Fsp3) is 0.643. The number of amides is 1. The van der Waals surface area contributed by atoms with Crippen LogP contribution in [0.3, 0.4) is 0 Å². The number of carbonyl (C=O) groups is 1. The van der Waals surface area contributed by atoms with E-state index in [2.05, 4.69) is 12.2 Å². The van der Waals surface area contributed by atoms with Crippen molar-refractivity contribution in [3.63, 3.8) is 0 Å². The highest BCUT2D eigenvalue weighted by Crippen LogP contribution is 2.05. The van der Waals surface area contributed by atoms with Crippen LogP contribution in [0, 0.1) is 0 Å². The molecule has 0 bridgehead atoms. The second kappa shape index (κ2) is 7.21. The van der Waals surface area contributed by atoms with Crippen molar-refractivity contribution in [2.24, 2.45) is 0 Å². The van der Waals surface area contributed by atoms with Crippen LogP contribution in [0.4, 0.5) is 0 Å². The van der Waals surface area contributed by atoms with Crippen molar-refractivity contribution in [2.45, 2.75) is 46.2 Å². The van der Waals surface area contributed by atoms with Crippen LogP contribution in [0.1, 0.15) is 33.5 Å². The first-order chi connectivity index (χ1) is 8.58. The van der Waals surface area contributed by atoms with E-state index in [9.17, 15) is 4.79 Å². The molecule has 0 fully saturated rings. The Labute approximate surface area is 109 Å². The van der Waals surface area contributed by atoms with E-state index in [-0.39, 0.29) is 18.0 Å². The third-order valence-corrected chi connectivity index (χ3v) is 3.07. The fourth-order valence-corrected chi connectivity index (χ4v) is 2.10. The highest BCUT2D eigenvalue weighted by Gasteiger charge is 2.19. The molecule has 18 heavy (non-hydrogen) atoms. The molecule has 0 aliphatic carbocycles. The van der Waals surface area contributed by atoms with Crippen LogP contribution < -0.4 is 5.32 Å². The van der Waals surface area contributed by atoms with Crippen LogP contribution in [0.25, 0.3) is 0 Å². The maximum Gasteiger partial charge on any atom is 0.239 e. The van der Waals surface area contributed by atoms with Crippen molar-refractivity contribution < 1.29 is 9.21 Å². The van der Waals surface area contributed by atoms with Crippen molar-refractivity contribution in [3.05, 3.63) is 24.2 Å². The maximum absolute atomic E-state index is 12.1. The van der Waals surface area contributed by atoms with Gasteiger partial charge in [-0.25, -0.2) is 0 Å². The van der Waals surface area contributed by atoms with Gasteiger partial charge < -0.3 is 14.6 Å². The predicted octanol–water partition coefficient (Wildman–Crippen LogP) is 2.06. The zero-order valence-electron chi connectivity index (χ0n) is 11.8. The zero-order chi connectivity index (χ0) is 13.5. The Hall–Kier alpha value is -1.29. The van der Waals surface area contributed by atoms with E-state index in [1.807, 2.05) is 37.8 Å². The normalized spacial score (nSPS) is 14.2. The molecule has 1 aromatic heterocycles. The molecule has 102 valence electrons. The van der Waals surface area contributed by atoms with Gasteiger partial charge in [-0.05, 0) is 39.8 Å². The highest BCUT2D eigenvalue weighted by atomic mass is 16.3.